The zero-order valence-electron chi connectivity index (χ0n) is 13.3. The first-order valence-electron chi connectivity index (χ1n) is 7.08. The van der Waals surface area contributed by atoms with Crippen LogP contribution in [0, 0.1) is 5.92 Å². The topological polar surface area (TPSA) is 121 Å². The summed E-state index contributed by atoms with van der Waals surface area (Å²) >= 11 is 0. The van der Waals surface area contributed by atoms with Crippen molar-refractivity contribution in [1.82, 2.24) is 10.9 Å². The van der Waals surface area contributed by atoms with Gasteiger partial charge in [0, 0.05) is 17.9 Å². The number of aromatic hydroxyl groups is 1. The van der Waals surface area contributed by atoms with Crippen molar-refractivity contribution in [3.63, 3.8) is 0 Å². The number of benzene rings is 1. The number of hydrazone groups is 1. The molecule has 0 radical (unpaired) electrons. The molecule has 0 aliphatic carbocycles. The quantitative estimate of drug-likeness (QED) is 0.281. The summed E-state index contributed by atoms with van der Waals surface area (Å²) in [5.74, 6) is 2.00. The number of ether oxygens (including phenoxy) is 1. The Bertz CT molecular complexity index is 746. The van der Waals surface area contributed by atoms with Crippen LogP contribution in [0.3, 0.4) is 0 Å². The number of nitrogens with one attached hydrogen (secondary N) is 2. The third-order valence-corrected chi connectivity index (χ3v) is 3.50. The summed E-state index contributed by atoms with van der Waals surface area (Å²) < 4.78 is 43.8. The molecule has 1 aliphatic rings. The van der Waals surface area contributed by atoms with Gasteiger partial charge in [-0.3, -0.25) is 4.79 Å². The van der Waals surface area contributed by atoms with E-state index in [0.717, 1.165) is 0 Å². The fraction of sp³-hybridized carbons (Fsp3) is 0.357. The average molecular weight is 359 g/mol. The van der Waals surface area contributed by atoms with Crippen LogP contribution in [0.15, 0.2) is 22.2 Å². The van der Waals surface area contributed by atoms with Crippen LogP contribution in [0.25, 0.3) is 0 Å². The number of phenols is 1. The minimum atomic E-state index is -4.87. The van der Waals surface area contributed by atoms with Gasteiger partial charge in [-0.2, -0.15) is 18.3 Å². The second-order valence-corrected chi connectivity index (χ2v) is 5.25. The first-order chi connectivity index (χ1) is 11.7. The number of nitrogens with zero attached hydrogens (tertiary/aromatic N) is 2. The number of halogens is 3. The number of carbonyl (C=O) groups excluding carboxylic acids is 1. The predicted octanol–water partition coefficient (Wildman–Crippen LogP) is 1.32. The molecule has 136 valence electrons. The number of carbonyl (C=O) groups is 1. The lowest BCUT2D eigenvalue weighted by Crippen LogP contribution is -2.41. The van der Waals surface area contributed by atoms with Crippen LogP contribution >= 0.6 is 0 Å². The lowest BCUT2D eigenvalue weighted by molar-refractivity contribution is -0.121. The van der Waals surface area contributed by atoms with Crippen molar-refractivity contribution in [2.45, 2.75) is 19.5 Å². The third kappa shape index (κ3) is 3.82. The molecule has 0 saturated heterocycles. The fourth-order valence-electron chi connectivity index (χ4n) is 2.31. The van der Waals surface area contributed by atoms with Crippen LogP contribution in [0.2, 0.25) is 0 Å². The first-order valence-corrected chi connectivity index (χ1v) is 7.08. The van der Waals surface area contributed by atoms with Gasteiger partial charge in [0.2, 0.25) is 11.7 Å². The highest BCUT2D eigenvalue weighted by atomic mass is 19.4. The van der Waals surface area contributed by atoms with Gasteiger partial charge in [0.25, 0.3) is 0 Å². The van der Waals surface area contributed by atoms with Gasteiger partial charge in [0.15, 0.2) is 11.5 Å². The molecule has 1 aliphatic heterocycles. The molecule has 0 saturated carbocycles. The molecule has 1 amide bonds. The summed E-state index contributed by atoms with van der Waals surface area (Å²) in [5.41, 5.74) is 3.69. The smallest absolute Gasteiger partial charge is 0.450 e. The fourth-order valence-corrected chi connectivity index (χ4v) is 2.31. The Morgan fingerprint density at radius 2 is 2.20 bits per heavy atom. The highest BCUT2D eigenvalue weighted by Gasteiger charge is 2.37. The monoisotopic (exact) mass is 359 g/mol. The van der Waals surface area contributed by atoms with Gasteiger partial charge in [0.1, 0.15) is 5.69 Å². The Morgan fingerprint density at radius 3 is 2.72 bits per heavy atom. The van der Waals surface area contributed by atoms with E-state index in [1.165, 1.54) is 24.7 Å². The zero-order valence-corrected chi connectivity index (χ0v) is 13.3. The molecule has 8 nitrogen and oxygen atoms in total. The third-order valence-electron chi connectivity index (χ3n) is 3.50. The maximum Gasteiger partial charge on any atom is 0.450 e. The number of phenolic OH excluding ortho intramolecular Hbond substituents is 1. The summed E-state index contributed by atoms with van der Waals surface area (Å²) in [5, 5.41) is 14.1. The lowest BCUT2D eigenvalue weighted by Gasteiger charge is -2.21. The molecular formula is C14H16F3N5O3. The van der Waals surface area contributed by atoms with Gasteiger partial charge in [0.05, 0.1) is 12.8 Å². The number of amides is 1. The van der Waals surface area contributed by atoms with Crippen molar-refractivity contribution in [3.8, 4) is 11.5 Å². The normalized spacial score (nSPS) is 18.5. The Morgan fingerprint density at radius 1 is 1.52 bits per heavy atom. The largest absolute Gasteiger partial charge is 0.503 e. The minimum absolute atomic E-state index is 0.0749. The van der Waals surface area contributed by atoms with Crippen LogP contribution < -0.4 is 21.4 Å². The number of methoxy groups -OCH3 is 1. The Hall–Kier alpha value is -2.82. The van der Waals surface area contributed by atoms with Crippen LogP contribution in [-0.2, 0) is 4.79 Å². The van der Waals surface area contributed by atoms with E-state index < -0.39 is 29.4 Å². The predicted molar refractivity (Wildman–Crippen MR) is 83.6 cm³/mol. The molecule has 1 aromatic carbocycles. The first kappa shape index (κ1) is 18.5. The zero-order chi connectivity index (χ0) is 18.8. The molecule has 1 heterocycles. The van der Waals surface area contributed by atoms with Gasteiger partial charge in [-0.1, -0.05) is 6.92 Å². The highest BCUT2D eigenvalue weighted by molar-refractivity contribution is 6.10. The maximum absolute atomic E-state index is 12.9. The summed E-state index contributed by atoms with van der Waals surface area (Å²) in [6, 6.07) is 2.76. The Balaban J connectivity index is 2.68. The van der Waals surface area contributed by atoms with E-state index in [9.17, 15) is 23.1 Å². The van der Waals surface area contributed by atoms with E-state index in [-0.39, 0.29) is 29.4 Å². The van der Waals surface area contributed by atoms with Crippen LogP contribution in [0.1, 0.15) is 18.9 Å². The second kappa shape index (κ2) is 6.97. The van der Waals surface area contributed by atoms with Gasteiger partial charge in [-0.05, 0) is 12.1 Å². The molecule has 0 aromatic heterocycles. The number of hydrogen-bond acceptors (Lipinski definition) is 6. The summed E-state index contributed by atoms with van der Waals surface area (Å²) in [4.78, 5) is 14.8. The summed E-state index contributed by atoms with van der Waals surface area (Å²) in [6.45, 7) is 1.68. The van der Waals surface area contributed by atoms with Crippen molar-refractivity contribution in [2.24, 2.45) is 21.9 Å². The molecule has 1 unspecified atom stereocenters. The van der Waals surface area contributed by atoms with Crippen molar-refractivity contribution in [2.75, 3.05) is 7.11 Å². The van der Waals surface area contributed by atoms with Gasteiger partial charge >= 0.3 is 6.18 Å². The number of amidine groups is 1. The standard InChI is InChI=1S/C14H16F3N5O3/c1-6-5-9(23)21-22-10(6)7-3-4-8(25-2)12(24)11(7)19-13(20-18)14(15,16)17/h3-4,6,24H,5,18H2,1-2H3,(H,19,20)(H,21,23). The van der Waals surface area contributed by atoms with E-state index in [1.807, 2.05) is 0 Å². The van der Waals surface area contributed by atoms with E-state index in [2.05, 4.69) is 15.5 Å². The number of hydrazine groups is 1. The SMILES string of the molecule is COc1ccc(C2=NNC(=O)CC2C)c(N=C(NN)C(F)(F)F)c1O. The van der Waals surface area contributed by atoms with Crippen molar-refractivity contribution in [3.05, 3.63) is 17.7 Å². The molecule has 0 fully saturated rings. The lowest BCUT2D eigenvalue weighted by atomic mass is 9.92. The maximum atomic E-state index is 12.9. The molecule has 0 spiro atoms. The van der Waals surface area contributed by atoms with E-state index in [1.54, 1.807) is 6.92 Å². The van der Waals surface area contributed by atoms with E-state index >= 15 is 0 Å². The van der Waals surface area contributed by atoms with E-state index in [4.69, 9.17) is 10.6 Å². The minimum Gasteiger partial charge on any atom is -0.503 e. The average Bonchev–Trinajstić information content (AvgIpc) is 2.52. The number of nitrogens with two attached hydrogens (primary N) is 1. The van der Waals surface area contributed by atoms with Gasteiger partial charge < -0.3 is 15.3 Å². The number of hydrogen-bond donors (Lipinski definition) is 4. The molecule has 5 N–H and O–H groups in total. The van der Waals surface area contributed by atoms with Gasteiger partial charge in [-0.25, -0.2) is 16.3 Å². The Labute approximate surface area is 140 Å². The Kier molecular flexibility index (Phi) is 5.16. The van der Waals surface area contributed by atoms with Crippen molar-refractivity contribution < 1.29 is 27.8 Å². The second-order valence-electron chi connectivity index (χ2n) is 5.25. The molecule has 0 bridgehead atoms. The highest BCUT2D eigenvalue weighted by Crippen LogP contribution is 2.41. The number of alkyl halides is 3. The molecule has 1 atom stereocenters. The van der Waals surface area contributed by atoms with Crippen LogP contribution in [-0.4, -0.2) is 35.8 Å². The summed E-state index contributed by atoms with van der Waals surface area (Å²) in [6.07, 6.45) is -4.77. The summed E-state index contributed by atoms with van der Waals surface area (Å²) in [7, 11) is 1.25. The number of aliphatic imine (C=N–C) groups is 1. The molecule has 11 heteroatoms. The molecule has 1 aromatic rings. The number of rotatable bonds is 3. The molecular weight excluding hydrogens is 343 g/mol. The molecule has 25 heavy (non-hydrogen) atoms. The van der Waals surface area contributed by atoms with Crippen molar-refractivity contribution in [1.29, 1.82) is 0 Å². The van der Waals surface area contributed by atoms with E-state index in [0.29, 0.717) is 0 Å². The van der Waals surface area contributed by atoms with Crippen molar-refractivity contribution >= 4 is 23.1 Å². The van der Waals surface area contributed by atoms with Crippen LogP contribution in [0.5, 0.6) is 11.5 Å². The molecule has 2 rings (SSSR count). The van der Waals surface area contributed by atoms with Crippen LogP contribution in [0.4, 0.5) is 18.9 Å². The van der Waals surface area contributed by atoms with Gasteiger partial charge in [-0.15, -0.1) is 0 Å².